The van der Waals surface area contributed by atoms with Gasteiger partial charge in [0.05, 0.1) is 12.7 Å². The van der Waals surface area contributed by atoms with Crippen LogP contribution in [-0.2, 0) is 9.78 Å². The SMILES string of the molecule is COc1ccc(C(=O)OO[C]2CCCCCCCCCCC2)cc1. The van der Waals surface area contributed by atoms with Crippen molar-refractivity contribution in [1.29, 1.82) is 0 Å². The molecule has 0 atom stereocenters. The van der Waals surface area contributed by atoms with Crippen molar-refractivity contribution in [3.05, 3.63) is 35.9 Å². The normalized spacial score (nSPS) is 18.2. The highest BCUT2D eigenvalue weighted by Gasteiger charge is 2.16. The Bertz CT molecular complexity index is 457. The van der Waals surface area contributed by atoms with E-state index in [9.17, 15) is 4.79 Å². The largest absolute Gasteiger partial charge is 0.497 e. The fourth-order valence-electron chi connectivity index (χ4n) is 2.96. The molecule has 1 aromatic rings. The predicted octanol–water partition coefficient (Wildman–Crippen LogP) is 5.62. The summed E-state index contributed by atoms with van der Waals surface area (Å²) in [6.07, 6.45) is 13.9. The minimum atomic E-state index is -0.462. The Balaban J connectivity index is 1.78. The van der Waals surface area contributed by atoms with Gasteiger partial charge in [0, 0.05) is 0 Å². The van der Waals surface area contributed by atoms with Gasteiger partial charge in [-0.2, -0.15) is 4.89 Å². The van der Waals surface area contributed by atoms with Crippen LogP contribution in [0, 0.1) is 6.10 Å². The highest BCUT2D eigenvalue weighted by atomic mass is 17.2. The van der Waals surface area contributed by atoms with Crippen molar-refractivity contribution in [2.75, 3.05) is 7.11 Å². The van der Waals surface area contributed by atoms with Crippen LogP contribution in [0.25, 0.3) is 0 Å². The van der Waals surface area contributed by atoms with Gasteiger partial charge in [0.25, 0.3) is 0 Å². The average Bonchev–Trinajstić information content (AvgIpc) is 2.61. The maximum absolute atomic E-state index is 12.1. The second kappa shape index (κ2) is 11.1. The fourth-order valence-corrected chi connectivity index (χ4v) is 2.96. The van der Waals surface area contributed by atoms with Gasteiger partial charge in [-0.3, -0.25) is 4.89 Å². The lowest BCUT2D eigenvalue weighted by molar-refractivity contribution is -0.237. The lowest BCUT2D eigenvalue weighted by Gasteiger charge is -2.15. The molecular formula is C20H29O4. The van der Waals surface area contributed by atoms with Crippen LogP contribution in [0.2, 0.25) is 0 Å². The number of rotatable bonds is 4. The smallest absolute Gasteiger partial charge is 0.373 e. The first-order valence-electron chi connectivity index (χ1n) is 9.17. The lowest BCUT2D eigenvalue weighted by Crippen LogP contribution is -2.11. The summed E-state index contributed by atoms with van der Waals surface area (Å²) >= 11 is 0. The van der Waals surface area contributed by atoms with Crippen LogP contribution in [0.5, 0.6) is 5.75 Å². The Morgan fingerprint density at radius 3 is 1.79 bits per heavy atom. The Morgan fingerprint density at radius 1 is 0.792 bits per heavy atom. The lowest BCUT2D eigenvalue weighted by atomic mass is 9.99. The molecule has 0 aliphatic heterocycles. The van der Waals surface area contributed by atoms with E-state index in [2.05, 4.69) is 0 Å². The summed E-state index contributed by atoms with van der Waals surface area (Å²) in [6, 6.07) is 6.83. The van der Waals surface area contributed by atoms with E-state index in [0.717, 1.165) is 31.8 Å². The molecule has 133 valence electrons. The topological polar surface area (TPSA) is 44.8 Å². The molecule has 4 heteroatoms. The summed E-state index contributed by atoms with van der Waals surface area (Å²) in [5.41, 5.74) is 0.463. The van der Waals surface area contributed by atoms with E-state index in [1.54, 1.807) is 31.4 Å². The van der Waals surface area contributed by atoms with E-state index in [-0.39, 0.29) is 0 Å². The number of hydrogen-bond donors (Lipinski definition) is 0. The molecule has 1 saturated carbocycles. The number of methoxy groups -OCH3 is 1. The molecule has 0 saturated heterocycles. The Hall–Kier alpha value is -1.55. The number of carbonyl (C=O) groups excluding carboxylic acids is 1. The van der Waals surface area contributed by atoms with Crippen LogP contribution < -0.4 is 4.74 Å². The molecule has 2 rings (SSSR count). The number of benzene rings is 1. The van der Waals surface area contributed by atoms with Gasteiger partial charge in [-0.15, -0.1) is 0 Å². The Labute approximate surface area is 145 Å². The van der Waals surface area contributed by atoms with E-state index in [1.165, 1.54) is 44.9 Å². The monoisotopic (exact) mass is 333 g/mol. The van der Waals surface area contributed by atoms with Crippen LogP contribution >= 0.6 is 0 Å². The third-order valence-electron chi connectivity index (χ3n) is 4.47. The van der Waals surface area contributed by atoms with Gasteiger partial charge >= 0.3 is 5.97 Å². The highest BCUT2D eigenvalue weighted by molar-refractivity contribution is 5.89. The molecule has 0 bridgehead atoms. The van der Waals surface area contributed by atoms with Crippen molar-refractivity contribution in [2.45, 2.75) is 70.6 Å². The molecule has 1 aromatic carbocycles. The minimum Gasteiger partial charge on any atom is -0.497 e. The fraction of sp³-hybridized carbons (Fsp3) is 0.600. The van der Waals surface area contributed by atoms with E-state index < -0.39 is 5.97 Å². The molecule has 1 radical (unpaired) electrons. The third kappa shape index (κ3) is 6.91. The summed E-state index contributed by atoms with van der Waals surface area (Å²) in [6.45, 7) is 0. The van der Waals surface area contributed by atoms with Crippen LogP contribution in [-0.4, -0.2) is 13.1 Å². The van der Waals surface area contributed by atoms with Gasteiger partial charge in [-0.05, 0) is 37.1 Å². The zero-order chi connectivity index (χ0) is 17.0. The molecule has 0 aromatic heterocycles. The zero-order valence-corrected chi connectivity index (χ0v) is 14.7. The molecule has 1 aliphatic rings. The Kier molecular flexibility index (Phi) is 8.67. The van der Waals surface area contributed by atoms with Crippen LogP contribution in [0.1, 0.15) is 81.0 Å². The van der Waals surface area contributed by atoms with Crippen molar-refractivity contribution < 1.29 is 19.3 Å². The molecule has 4 nitrogen and oxygen atoms in total. The summed E-state index contributed by atoms with van der Waals surface area (Å²) in [5, 5.41) is 0. The van der Waals surface area contributed by atoms with Gasteiger partial charge < -0.3 is 4.74 Å². The summed E-state index contributed by atoms with van der Waals surface area (Å²) in [7, 11) is 1.59. The van der Waals surface area contributed by atoms with Crippen LogP contribution in [0.3, 0.4) is 0 Å². The molecule has 0 unspecified atom stereocenters. The van der Waals surface area contributed by atoms with Gasteiger partial charge in [0.2, 0.25) is 0 Å². The first-order chi connectivity index (χ1) is 11.8. The van der Waals surface area contributed by atoms with Crippen LogP contribution in [0.4, 0.5) is 0 Å². The molecule has 0 amide bonds. The first-order valence-corrected chi connectivity index (χ1v) is 9.17. The predicted molar refractivity (Wildman–Crippen MR) is 93.5 cm³/mol. The zero-order valence-electron chi connectivity index (χ0n) is 14.7. The van der Waals surface area contributed by atoms with Gasteiger partial charge in [0.15, 0.2) is 0 Å². The molecule has 0 spiro atoms. The molecule has 1 aliphatic carbocycles. The van der Waals surface area contributed by atoms with Gasteiger partial charge in [-0.1, -0.05) is 57.8 Å². The molecule has 24 heavy (non-hydrogen) atoms. The van der Waals surface area contributed by atoms with E-state index in [1.807, 2.05) is 0 Å². The van der Waals surface area contributed by atoms with Gasteiger partial charge in [0.1, 0.15) is 11.9 Å². The molecule has 1 fully saturated rings. The Morgan fingerprint density at radius 2 is 1.29 bits per heavy atom. The number of hydrogen-bond acceptors (Lipinski definition) is 4. The molecule has 0 heterocycles. The van der Waals surface area contributed by atoms with Gasteiger partial charge in [-0.25, -0.2) is 4.79 Å². The maximum Gasteiger partial charge on any atom is 0.373 e. The average molecular weight is 333 g/mol. The number of ether oxygens (including phenoxy) is 1. The molecular weight excluding hydrogens is 304 g/mol. The van der Waals surface area contributed by atoms with Crippen molar-refractivity contribution in [2.24, 2.45) is 0 Å². The minimum absolute atomic E-state index is 0.462. The second-order valence-corrected chi connectivity index (χ2v) is 6.40. The van der Waals surface area contributed by atoms with E-state index in [4.69, 9.17) is 14.5 Å². The van der Waals surface area contributed by atoms with E-state index in [0.29, 0.717) is 11.3 Å². The summed E-state index contributed by atoms with van der Waals surface area (Å²) in [5.74, 6) is 0.248. The van der Waals surface area contributed by atoms with Crippen molar-refractivity contribution in [3.63, 3.8) is 0 Å². The van der Waals surface area contributed by atoms with Crippen LogP contribution in [0.15, 0.2) is 24.3 Å². The van der Waals surface area contributed by atoms with Crippen molar-refractivity contribution in [3.8, 4) is 5.75 Å². The first kappa shape index (κ1) is 18.8. The second-order valence-electron chi connectivity index (χ2n) is 6.40. The standard InChI is InChI=1S/C20H29O4/c1-22-18-15-13-17(14-16-18)20(21)24-23-19-11-9-7-5-3-2-4-6-8-10-12-19/h13-16H,2-12H2,1H3. The van der Waals surface area contributed by atoms with Crippen molar-refractivity contribution >= 4 is 5.97 Å². The number of carbonyl (C=O) groups is 1. The summed E-state index contributed by atoms with van der Waals surface area (Å²) < 4.78 is 5.08. The highest BCUT2D eigenvalue weighted by Crippen LogP contribution is 2.24. The third-order valence-corrected chi connectivity index (χ3v) is 4.47. The van der Waals surface area contributed by atoms with E-state index >= 15 is 0 Å². The maximum atomic E-state index is 12.1. The quantitative estimate of drug-likeness (QED) is 0.530. The molecule has 0 N–H and O–H groups in total. The van der Waals surface area contributed by atoms with Crippen molar-refractivity contribution in [1.82, 2.24) is 0 Å². The summed E-state index contributed by atoms with van der Waals surface area (Å²) in [4.78, 5) is 22.5.